The smallest absolute Gasteiger partial charge is 0.181 e. The highest BCUT2D eigenvalue weighted by molar-refractivity contribution is 5.85. The first-order valence-corrected chi connectivity index (χ1v) is 6.23. The normalized spacial score (nSPS) is 51.8. The van der Waals surface area contributed by atoms with Gasteiger partial charge in [-0.25, -0.2) is 0 Å². The van der Waals surface area contributed by atoms with Gasteiger partial charge in [0.15, 0.2) is 5.79 Å². The number of fused-ring (bicyclic) bond motifs is 3. The number of carbonyl (C=O) groups excluding carboxylic acids is 1. The Bertz CT molecular complexity index is 381. The second-order valence-corrected chi connectivity index (χ2v) is 5.61. The molecule has 1 spiro atoms. The molecule has 2 saturated carbocycles. The van der Waals surface area contributed by atoms with Crippen molar-refractivity contribution in [1.82, 2.24) is 0 Å². The van der Waals surface area contributed by atoms with Crippen LogP contribution in [0.1, 0.15) is 13.3 Å². The van der Waals surface area contributed by atoms with E-state index in [1.165, 1.54) is 0 Å². The Morgan fingerprint density at radius 3 is 2.62 bits per heavy atom. The monoisotopic (exact) mass is 220 g/mol. The van der Waals surface area contributed by atoms with E-state index in [1.54, 1.807) is 0 Å². The molecule has 0 aromatic carbocycles. The minimum atomic E-state index is -0.459. The fourth-order valence-electron chi connectivity index (χ4n) is 4.50. The van der Waals surface area contributed by atoms with Gasteiger partial charge in [-0.05, 0) is 11.8 Å². The molecular weight excluding hydrogens is 204 g/mol. The van der Waals surface area contributed by atoms with E-state index >= 15 is 0 Å². The van der Waals surface area contributed by atoms with Crippen LogP contribution in [-0.4, -0.2) is 24.8 Å². The summed E-state index contributed by atoms with van der Waals surface area (Å²) >= 11 is 0. The number of rotatable bonds is 0. The Balaban J connectivity index is 1.81. The van der Waals surface area contributed by atoms with Crippen LogP contribution in [0.15, 0.2) is 12.2 Å². The van der Waals surface area contributed by atoms with Gasteiger partial charge in [0.05, 0.1) is 13.2 Å². The van der Waals surface area contributed by atoms with Gasteiger partial charge in [-0.1, -0.05) is 19.1 Å². The van der Waals surface area contributed by atoms with Crippen molar-refractivity contribution in [3.05, 3.63) is 12.2 Å². The van der Waals surface area contributed by atoms with Crippen molar-refractivity contribution in [3.63, 3.8) is 0 Å². The van der Waals surface area contributed by atoms with Crippen LogP contribution in [0.25, 0.3) is 0 Å². The van der Waals surface area contributed by atoms with Gasteiger partial charge in [0.25, 0.3) is 0 Å². The molecule has 3 aliphatic carbocycles. The Morgan fingerprint density at radius 1 is 1.25 bits per heavy atom. The van der Waals surface area contributed by atoms with E-state index in [1.807, 2.05) is 0 Å². The molecule has 4 rings (SSSR count). The number of hydrogen-bond acceptors (Lipinski definition) is 3. The molecule has 5 atom stereocenters. The average Bonchev–Trinajstić information content (AvgIpc) is 2.98. The van der Waals surface area contributed by atoms with E-state index in [2.05, 4.69) is 19.1 Å². The lowest BCUT2D eigenvalue weighted by molar-refractivity contribution is -0.190. The Hall–Kier alpha value is -0.670. The Kier molecular flexibility index (Phi) is 1.62. The maximum Gasteiger partial charge on any atom is 0.181 e. The summed E-state index contributed by atoms with van der Waals surface area (Å²) < 4.78 is 11.8. The summed E-state index contributed by atoms with van der Waals surface area (Å²) in [6.07, 6.45) is 5.14. The van der Waals surface area contributed by atoms with Gasteiger partial charge in [0, 0.05) is 24.2 Å². The third-order valence-electron chi connectivity index (χ3n) is 4.96. The van der Waals surface area contributed by atoms with Gasteiger partial charge < -0.3 is 9.47 Å². The van der Waals surface area contributed by atoms with E-state index in [0.717, 1.165) is 6.42 Å². The van der Waals surface area contributed by atoms with Crippen LogP contribution in [0, 0.1) is 29.6 Å². The van der Waals surface area contributed by atoms with E-state index < -0.39 is 5.79 Å². The largest absolute Gasteiger partial charge is 0.346 e. The highest BCUT2D eigenvalue weighted by Gasteiger charge is 2.69. The maximum absolute atomic E-state index is 12.1. The summed E-state index contributed by atoms with van der Waals surface area (Å²) in [5.41, 5.74) is 0. The Labute approximate surface area is 94.8 Å². The molecule has 0 aromatic heterocycles. The molecule has 16 heavy (non-hydrogen) atoms. The molecule has 86 valence electrons. The number of carbonyl (C=O) groups is 1. The molecule has 3 fully saturated rings. The maximum atomic E-state index is 12.1. The molecule has 0 amide bonds. The van der Waals surface area contributed by atoms with Crippen molar-refractivity contribution < 1.29 is 14.3 Å². The van der Waals surface area contributed by atoms with Crippen LogP contribution >= 0.6 is 0 Å². The molecule has 0 N–H and O–H groups in total. The minimum absolute atomic E-state index is 0.170. The quantitative estimate of drug-likeness (QED) is 0.579. The van der Waals surface area contributed by atoms with E-state index in [0.29, 0.717) is 36.8 Å². The lowest BCUT2D eigenvalue weighted by Crippen LogP contribution is -2.39. The number of ketones is 1. The van der Waals surface area contributed by atoms with Gasteiger partial charge in [0.2, 0.25) is 0 Å². The summed E-state index contributed by atoms with van der Waals surface area (Å²) in [4.78, 5) is 12.1. The van der Waals surface area contributed by atoms with Crippen LogP contribution < -0.4 is 0 Å². The fourth-order valence-corrected chi connectivity index (χ4v) is 4.50. The minimum Gasteiger partial charge on any atom is -0.346 e. The number of hydrogen-bond donors (Lipinski definition) is 0. The number of ether oxygens (including phenoxy) is 2. The first kappa shape index (κ1) is 9.37. The molecule has 3 nitrogen and oxygen atoms in total. The summed E-state index contributed by atoms with van der Waals surface area (Å²) in [5.74, 6) is 1.58. The van der Waals surface area contributed by atoms with Crippen LogP contribution in [0.2, 0.25) is 0 Å². The van der Waals surface area contributed by atoms with Gasteiger partial charge in [-0.15, -0.1) is 0 Å². The van der Waals surface area contributed by atoms with Crippen molar-refractivity contribution in [2.24, 2.45) is 29.6 Å². The summed E-state index contributed by atoms with van der Waals surface area (Å²) in [6, 6.07) is 0. The van der Waals surface area contributed by atoms with Crippen molar-refractivity contribution in [2.75, 3.05) is 13.2 Å². The first-order chi connectivity index (χ1) is 7.74. The molecule has 0 aromatic rings. The van der Waals surface area contributed by atoms with Gasteiger partial charge in [-0.3, -0.25) is 4.79 Å². The van der Waals surface area contributed by atoms with Crippen molar-refractivity contribution in [3.8, 4) is 0 Å². The third kappa shape index (κ3) is 0.833. The highest BCUT2D eigenvalue weighted by Crippen LogP contribution is 2.63. The van der Waals surface area contributed by atoms with Crippen LogP contribution in [0.4, 0.5) is 0 Å². The molecule has 1 aliphatic heterocycles. The molecule has 0 radical (unpaired) electrons. The zero-order valence-electron chi connectivity index (χ0n) is 9.39. The predicted molar refractivity (Wildman–Crippen MR) is 56.5 cm³/mol. The van der Waals surface area contributed by atoms with Gasteiger partial charge in [0.1, 0.15) is 5.78 Å². The lowest BCUT2D eigenvalue weighted by Gasteiger charge is -2.30. The van der Waals surface area contributed by atoms with E-state index in [4.69, 9.17) is 9.47 Å². The van der Waals surface area contributed by atoms with Crippen LogP contribution in [-0.2, 0) is 14.3 Å². The van der Waals surface area contributed by atoms with Gasteiger partial charge in [-0.2, -0.15) is 0 Å². The lowest BCUT2D eigenvalue weighted by atomic mass is 9.82. The van der Waals surface area contributed by atoms with Crippen molar-refractivity contribution in [2.45, 2.75) is 19.1 Å². The molecule has 1 heterocycles. The van der Waals surface area contributed by atoms with Gasteiger partial charge >= 0.3 is 0 Å². The SMILES string of the molecule is C[C@@H]1CC(=O)[C@@H]2[C@@H]1[C@H]1C=C[C@H]2C12OCCO2. The fraction of sp³-hybridized carbons (Fsp3) is 0.769. The summed E-state index contributed by atoms with van der Waals surface area (Å²) in [6.45, 7) is 3.55. The topological polar surface area (TPSA) is 35.5 Å². The first-order valence-electron chi connectivity index (χ1n) is 6.23. The third-order valence-corrected chi connectivity index (χ3v) is 4.96. The molecule has 0 unspecified atom stereocenters. The summed E-state index contributed by atoms with van der Waals surface area (Å²) in [7, 11) is 0. The molecular formula is C13H16O3. The van der Waals surface area contributed by atoms with Crippen molar-refractivity contribution >= 4 is 5.78 Å². The molecule has 2 bridgehead atoms. The molecule has 1 saturated heterocycles. The van der Waals surface area contributed by atoms with Crippen molar-refractivity contribution in [1.29, 1.82) is 0 Å². The summed E-state index contributed by atoms with van der Waals surface area (Å²) in [5, 5.41) is 0. The molecule has 3 heteroatoms. The van der Waals surface area contributed by atoms with Crippen LogP contribution in [0.3, 0.4) is 0 Å². The highest BCUT2D eigenvalue weighted by atomic mass is 16.7. The predicted octanol–water partition coefficient (Wildman–Crippen LogP) is 1.39. The number of Topliss-reactive ketones (excluding diaryl/α,β-unsaturated/α-hetero) is 1. The Morgan fingerprint density at radius 2 is 1.94 bits per heavy atom. The van der Waals surface area contributed by atoms with Crippen LogP contribution in [0.5, 0.6) is 0 Å². The standard InChI is InChI=1S/C13H16O3/c1-7-6-10(14)12-9-3-2-8(11(7)12)13(9)15-4-5-16-13/h2-3,7-9,11-12H,4-6H2,1H3/t7-,8-,9-,11+,12-/m1/s1. The zero-order valence-corrected chi connectivity index (χ0v) is 9.39. The second-order valence-electron chi connectivity index (χ2n) is 5.61. The molecule has 4 aliphatic rings. The second kappa shape index (κ2) is 2.77. The van der Waals surface area contributed by atoms with E-state index in [9.17, 15) is 4.79 Å². The zero-order chi connectivity index (χ0) is 10.9. The average molecular weight is 220 g/mol. The van der Waals surface area contributed by atoms with E-state index in [-0.39, 0.29) is 11.8 Å².